The van der Waals surface area contributed by atoms with Crippen LogP contribution in [0.15, 0.2) is 48.5 Å². The average molecular weight is 525 g/mol. The molecule has 2 bridgehead atoms. The summed E-state index contributed by atoms with van der Waals surface area (Å²) in [5.74, 6) is 1.38. The summed E-state index contributed by atoms with van der Waals surface area (Å²) in [6.07, 6.45) is 4.91. The standard InChI is InChI=1S/C33H36N2O4/c1-19-7-10-22-5-3-4-6-24(22)29(19)35(20(2)36)25-13-14-33(38)27-17-23-11-12-26(37)30-28(23)32(33,31(25)39-30)15-16-34(27)18-21-8-9-21/h3-7,10-12,21,25,27,31,37-38H,8-9,13-18H2,1-2H3/t25-,27-,31+,32+,33-/m1/s1. The van der Waals surface area contributed by atoms with Crippen LogP contribution in [0, 0.1) is 12.8 Å². The summed E-state index contributed by atoms with van der Waals surface area (Å²) in [7, 11) is 0. The van der Waals surface area contributed by atoms with Crippen molar-refractivity contribution in [2.45, 2.75) is 81.6 Å². The molecule has 3 aromatic carbocycles. The van der Waals surface area contributed by atoms with E-state index in [0.29, 0.717) is 18.6 Å². The van der Waals surface area contributed by atoms with Crippen LogP contribution in [0.4, 0.5) is 5.69 Å². The first kappa shape index (κ1) is 23.8. The fourth-order valence-corrected chi connectivity index (χ4v) is 8.96. The number of phenolic OH excluding ortho intramolecular Hbond substituents is 1. The van der Waals surface area contributed by atoms with E-state index in [2.05, 4.69) is 36.1 Å². The minimum Gasteiger partial charge on any atom is -0.504 e. The molecule has 2 heterocycles. The molecular formula is C33H36N2O4. The Morgan fingerprint density at radius 2 is 1.92 bits per heavy atom. The summed E-state index contributed by atoms with van der Waals surface area (Å²) in [4.78, 5) is 18.1. The number of benzene rings is 3. The van der Waals surface area contributed by atoms with Gasteiger partial charge in [0.05, 0.1) is 22.7 Å². The molecule has 0 radical (unpaired) electrons. The van der Waals surface area contributed by atoms with Crippen LogP contribution in [0.25, 0.3) is 10.8 Å². The number of carbonyl (C=O) groups is 1. The zero-order valence-corrected chi connectivity index (χ0v) is 22.7. The SMILES string of the molecule is CC(=O)N(c1c(C)ccc2ccccc12)[C@@H]1CC[C@@]2(O)[C@H]3Cc4ccc(O)c5c4[C@@]2(CCN3CC2CC2)[C@H]1O5. The van der Waals surface area contributed by atoms with Gasteiger partial charge in [0.1, 0.15) is 6.10 Å². The molecule has 1 spiro atoms. The van der Waals surface area contributed by atoms with Crippen LogP contribution >= 0.6 is 0 Å². The van der Waals surface area contributed by atoms with Crippen LogP contribution in [-0.2, 0) is 16.6 Å². The van der Waals surface area contributed by atoms with E-state index >= 15 is 0 Å². The number of aryl methyl sites for hydroxylation is 1. The minimum atomic E-state index is -0.969. The number of aliphatic hydroxyl groups is 1. The Morgan fingerprint density at radius 3 is 2.72 bits per heavy atom. The van der Waals surface area contributed by atoms with Crippen LogP contribution in [0.5, 0.6) is 11.5 Å². The van der Waals surface area contributed by atoms with Crippen LogP contribution in [0.1, 0.15) is 55.7 Å². The lowest BCUT2D eigenvalue weighted by molar-refractivity contribution is -0.190. The highest BCUT2D eigenvalue weighted by Gasteiger charge is 2.73. The smallest absolute Gasteiger partial charge is 0.224 e. The van der Waals surface area contributed by atoms with Gasteiger partial charge in [0, 0.05) is 30.5 Å². The quantitative estimate of drug-likeness (QED) is 0.511. The lowest BCUT2D eigenvalue weighted by Gasteiger charge is -2.65. The maximum atomic E-state index is 13.6. The van der Waals surface area contributed by atoms with Gasteiger partial charge in [-0.15, -0.1) is 0 Å². The number of ether oxygens (including phenoxy) is 1. The van der Waals surface area contributed by atoms with E-state index in [-0.39, 0.29) is 23.7 Å². The molecule has 0 unspecified atom stereocenters. The Morgan fingerprint density at radius 1 is 1.10 bits per heavy atom. The second kappa shape index (κ2) is 7.98. The van der Waals surface area contributed by atoms with E-state index in [1.165, 1.54) is 18.4 Å². The number of phenols is 1. The van der Waals surface area contributed by atoms with Crippen molar-refractivity contribution in [3.05, 3.63) is 65.2 Å². The van der Waals surface area contributed by atoms with Gasteiger partial charge < -0.3 is 19.8 Å². The fraction of sp³-hybridized carbons (Fsp3) is 0.485. The first-order chi connectivity index (χ1) is 18.8. The molecule has 8 rings (SSSR count). The van der Waals surface area contributed by atoms with Crippen molar-refractivity contribution in [3.63, 3.8) is 0 Å². The van der Waals surface area contributed by atoms with Gasteiger partial charge in [-0.1, -0.05) is 42.5 Å². The molecule has 1 saturated heterocycles. The Kier molecular flexibility index (Phi) is 4.87. The highest BCUT2D eigenvalue weighted by atomic mass is 16.5. The summed E-state index contributed by atoms with van der Waals surface area (Å²) in [6.45, 7) is 5.66. The largest absolute Gasteiger partial charge is 0.504 e. The third-order valence-electron chi connectivity index (χ3n) is 10.7. The lowest BCUT2D eigenvalue weighted by atomic mass is 9.48. The van der Waals surface area contributed by atoms with Crippen molar-refractivity contribution in [2.24, 2.45) is 5.92 Å². The number of carbonyl (C=O) groups excluding carboxylic acids is 1. The Balaban J connectivity index is 1.31. The Hall–Kier alpha value is -3.09. The summed E-state index contributed by atoms with van der Waals surface area (Å²) in [5, 5.41) is 26.0. The van der Waals surface area contributed by atoms with Gasteiger partial charge in [-0.05, 0) is 80.5 Å². The maximum absolute atomic E-state index is 13.6. The summed E-state index contributed by atoms with van der Waals surface area (Å²) >= 11 is 0. The highest BCUT2D eigenvalue weighted by Crippen LogP contribution is 2.66. The highest BCUT2D eigenvalue weighted by molar-refractivity contribution is 6.04. The lowest BCUT2D eigenvalue weighted by Crippen LogP contribution is -2.78. The maximum Gasteiger partial charge on any atom is 0.224 e. The summed E-state index contributed by atoms with van der Waals surface area (Å²) < 4.78 is 6.80. The van der Waals surface area contributed by atoms with Crippen LogP contribution in [0.3, 0.4) is 0 Å². The van der Waals surface area contributed by atoms with Crippen molar-refractivity contribution in [2.75, 3.05) is 18.0 Å². The number of aromatic hydroxyl groups is 1. The molecule has 0 aromatic heterocycles. The number of rotatable bonds is 4. The first-order valence-corrected chi connectivity index (χ1v) is 14.6. The summed E-state index contributed by atoms with van der Waals surface area (Å²) in [5.41, 5.74) is 2.52. The number of fused-ring (bicyclic) bond motifs is 1. The topological polar surface area (TPSA) is 73.2 Å². The molecule has 39 heavy (non-hydrogen) atoms. The molecule has 3 aliphatic carbocycles. The zero-order chi connectivity index (χ0) is 26.7. The van der Waals surface area contributed by atoms with Crippen molar-refractivity contribution in [1.82, 2.24) is 4.90 Å². The molecule has 6 heteroatoms. The molecular weight excluding hydrogens is 488 g/mol. The van der Waals surface area contributed by atoms with Crippen molar-refractivity contribution in [3.8, 4) is 11.5 Å². The second-order valence-electron chi connectivity index (χ2n) is 12.7. The van der Waals surface area contributed by atoms with Gasteiger partial charge >= 0.3 is 0 Å². The number of likely N-dealkylation sites (tertiary alicyclic amines) is 1. The van der Waals surface area contributed by atoms with Crippen molar-refractivity contribution < 1.29 is 19.7 Å². The zero-order valence-electron chi connectivity index (χ0n) is 22.7. The normalized spacial score (nSPS) is 32.5. The van der Waals surface area contributed by atoms with E-state index in [4.69, 9.17) is 4.74 Å². The third-order valence-corrected chi connectivity index (χ3v) is 10.7. The van der Waals surface area contributed by atoms with Gasteiger partial charge in [-0.2, -0.15) is 0 Å². The number of piperidine rings is 1. The Labute approximate surface area is 229 Å². The van der Waals surface area contributed by atoms with Gasteiger partial charge in [-0.25, -0.2) is 0 Å². The predicted octanol–water partition coefficient (Wildman–Crippen LogP) is 4.84. The number of hydrogen-bond donors (Lipinski definition) is 2. The molecule has 5 atom stereocenters. The molecule has 2 N–H and O–H groups in total. The molecule has 202 valence electrons. The molecule has 3 aromatic rings. The Bertz CT molecular complexity index is 1530. The van der Waals surface area contributed by atoms with Crippen molar-refractivity contribution in [1.29, 1.82) is 0 Å². The van der Waals surface area contributed by atoms with E-state index < -0.39 is 17.1 Å². The third kappa shape index (κ3) is 3.02. The van der Waals surface area contributed by atoms with Gasteiger partial charge in [0.15, 0.2) is 11.5 Å². The second-order valence-corrected chi connectivity index (χ2v) is 12.7. The van der Waals surface area contributed by atoms with Gasteiger partial charge in [0.2, 0.25) is 5.91 Å². The molecule has 5 aliphatic rings. The number of nitrogens with zero attached hydrogens (tertiary/aromatic N) is 2. The van der Waals surface area contributed by atoms with E-state index in [9.17, 15) is 15.0 Å². The van der Waals surface area contributed by atoms with E-state index in [1.54, 1.807) is 13.0 Å². The molecule has 3 fully saturated rings. The van der Waals surface area contributed by atoms with Gasteiger partial charge in [-0.3, -0.25) is 9.69 Å². The van der Waals surface area contributed by atoms with E-state index in [0.717, 1.165) is 59.4 Å². The van der Waals surface area contributed by atoms with Crippen LogP contribution < -0.4 is 9.64 Å². The van der Waals surface area contributed by atoms with Crippen molar-refractivity contribution >= 4 is 22.4 Å². The number of anilines is 1. The average Bonchev–Trinajstić information content (AvgIpc) is 3.66. The molecule has 1 amide bonds. The van der Waals surface area contributed by atoms with E-state index in [1.807, 2.05) is 23.1 Å². The first-order valence-electron chi connectivity index (χ1n) is 14.6. The molecule has 2 saturated carbocycles. The monoisotopic (exact) mass is 524 g/mol. The fourth-order valence-electron chi connectivity index (χ4n) is 8.96. The predicted molar refractivity (Wildman–Crippen MR) is 150 cm³/mol. The number of amides is 1. The molecule has 2 aliphatic heterocycles. The molecule has 6 nitrogen and oxygen atoms in total. The summed E-state index contributed by atoms with van der Waals surface area (Å²) in [6, 6.07) is 16.0. The van der Waals surface area contributed by atoms with Crippen LogP contribution in [0.2, 0.25) is 0 Å². The van der Waals surface area contributed by atoms with Crippen LogP contribution in [-0.4, -0.2) is 57.9 Å². The minimum absolute atomic E-state index is 0.0203. The van der Waals surface area contributed by atoms with Gasteiger partial charge in [0.25, 0.3) is 0 Å². The number of hydrogen-bond acceptors (Lipinski definition) is 5.